The third kappa shape index (κ3) is 3.68. The summed E-state index contributed by atoms with van der Waals surface area (Å²) in [7, 11) is 0. The van der Waals surface area contributed by atoms with Crippen LogP contribution in [0.2, 0.25) is 10.0 Å². The minimum atomic E-state index is -0.446. The van der Waals surface area contributed by atoms with Crippen molar-refractivity contribution in [2.75, 3.05) is 32.0 Å². The number of ether oxygens (including phenoxy) is 1. The molecular weight excluding hydrogens is 502 g/mol. The Morgan fingerprint density at radius 2 is 2.12 bits per heavy atom. The number of carbonyl (C=O) groups excluding carboxylic acids is 2. The molecule has 7 nitrogen and oxygen atoms in total. The lowest BCUT2D eigenvalue weighted by atomic mass is 9.99. The molecule has 176 valence electrons. The molecule has 5 rings (SSSR count). The van der Waals surface area contributed by atoms with Gasteiger partial charge in [0.25, 0.3) is 5.91 Å². The third-order valence-electron chi connectivity index (χ3n) is 6.11. The van der Waals surface area contributed by atoms with E-state index in [0.717, 1.165) is 11.3 Å². The van der Waals surface area contributed by atoms with Gasteiger partial charge in [0, 0.05) is 37.2 Å². The van der Waals surface area contributed by atoms with Gasteiger partial charge in [0.2, 0.25) is 5.91 Å². The normalized spacial score (nSPS) is 18.1. The number of halogens is 3. The first kappa shape index (κ1) is 22.9. The molecule has 1 aromatic heterocycles. The molecule has 2 aliphatic rings. The summed E-state index contributed by atoms with van der Waals surface area (Å²) in [5.74, 6) is -0.671. The van der Waals surface area contributed by atoms with Gasteiger partial charge >= 0.3 is 0 Å². The SMILES string of the molecule is C=CC(=O)N1CCN2C(=O)c3cc(Cl)c(-c4ccc(F)c5sc(N)nc45)c(Cl)c3OCC[C@H]2C1. The number of carbonyl (C=O) groups is 2. The van der Waals surface area contributed by atoms with Gasteiger partial charge < -0.3 is 20.3 Å². The van der Waals surface area contributed by atoms with Gasteiger partial charge in [-0.15, -0.1) is 0 Å². The van der Waals surface area contributed by atoms with Gasteiger partial charge in [0.15, 0.2) is 10.9 Å². The molecule has 1 fully saturated rings. The fraction of sp³-hybridized carbons (Fsp3) is 0.261. The molecule has 3 aromatic rings. The molecule has 0 spiro atoms. The lowest BCUT2D eigenvalue weighted by Crippen LogP contribution is -2.57. The molecule has 3 heterocycles. The van der Waals surface area contributed by atoms with Crippen LogP contribution in [0.25, 0.3) is 21.3 Å². The Morgan fingerprint density at radius 3 is 2.88 bits per heavy atom. The number of nitrogen functional groups attached to an aromatic ring is 1. The van der Waals surface area contributed by atoms with Gasteiger partial charge in [-0.1, -0.05) is 41.1 Å². The zero-order valence-corrected chi connectivity index (χ0v) is 20.1. The van der Waals surface area contributed by atoms with Crippen LogP contribution in [0.4, 0.5) is 9.52 Å². The number of fused-ring (bicyclic) bond motifs is 3. The van der Waals surface area contributed by atoms with Crippen LogP contribution in [0.1, 0.15) is 16.8 Å². The largest absolute Gasteiger partial charge is 0.491 e. The molecule has 0 aliphatic carbocycles. The number of nitrogens with zero attached hydrogens (tertiary/aromatic N) is 3. The smallest absolute Gasteiger partial charge is 0.258 e. The molecule has 2 aromatic carbocycles. The van der Waals surface area contributed by atoms with Crippen LogP contribution in [0.3, 0.4) is 0 Å². The fourth-order valence-corrected chi connectivity index (χ4v) is 5.97. The second-order valence-corrected chi connectivity index (χ2v) is 9.84. The summed E-state index contributed by atoms with van der Waals surface area (Å²) < 4.78 is 20.6. The highest BCUT2D eigenvalue weighted by Gasteiger charge is 2.36. The van der Waals surface area contributed by atoms with Crippen molar-refractivity contribution in [2.24, 2.45) is 0 Å². The van der Waals surface area contributed by atoms with Crippen molar-refractivity contribution in [3.63, 3.8) is 0 Å². The van der Waals surface area contributed by atoms with Crippen molar-refractivity contribution in [3.05, 3.63) is 52.3 Å². The van der Waals surface area contributed by atoms with Crippen LogP contribution in [-0.4, -0.2) is 58.9 Å². The Kier molecular flexibility index (Phi) is 5.87. The number of rotatable bonds is 2. The molecule has 1 saturated heterocycles. The molecule has 2 amide bonds. The first-order valence-corrected chi connectivity index (χ1v) is 12.1. The van der Waals surface area contributed by atoms with Crippen molar-refractivity contribution in [1.82, 2.24) is 14.8 Å². The predicted molar refractivity (Wildman–Crippen MR) is 131 cm³/mol. The number of anilines is 1. The van der Waals surface area contributed by atoms with Crippen LogP contribution in [0.5, 0.6) is 5.75 Å². The molecule has 0 saturated carbocycles. The molecule has 2 N–H and O–H groups in total. The molecule has 0 radical (unpaired) electrons. The van der Waals surface area contributed by atoms with E-state index in [4.69, 9.17) is 33.7 Å². The molecule has 34 heavy (non-hydrogen) atoms. The lowest BCUT2D eigenvalue weighted by molar-refractivity contribution is -0.128. The van der Waals surface area contributed by atoms with E-state index in [1.54, 1.807) is 9.80 Å². The van der Waals surface area contributed by atoms with E-state index in [1.807, 2.05) is 0 Å². The van der Waals surface area contributed by atoms with Gasteiger partial charge in [-0.25, -0.2) is 9.37 Å². The summed E-state index contributed by atoms with van der Waals surface area (Å²) in [5, 5.41) is 0.568. The monoisotopic (exact) mass is 520 g/mol. The van der Waals surface area contributed by atoms with Gasteiger partial charge in [-0.05, 0) is 24.3 Å². The number of hydrogen-bond donors (Lipinski definition) is 1. The Bertz CT molecular complexity index is 1360. The number of aromatic nitrogens is 1. The first-order valence-electron chi connectivity index (χ1n) is 10.5. The van der Waals surface area contributed by atoms with Gasteiger partial charge in [-0.3, -0.25) is 9.59 Å². The standard InChI is InChI=1S/C23H19Cl2FN4O3S/c1-2-16(31)29-6-7-30-11(10-29)5-8-33-20-13(22(30)32)9-14(24)17(18(20)25)12-3-4-15(26)21-19(12)28-23(27)34-21/h2-4,9,11H,1,5-8,10H2,(H2,27,28)/t11-/m0/s1. The topological polar surface area (TPSA) is 88.8 Å². The molecule has 0 unspecified atom stereocenters. The summed E-state index contributed by atoms with van der Waals surface area (Å²) in [6.45, 7) is 4.99. The quantitative estimate of drug-likeness (QED) is 0.498. The predicted octanol–water partition coefficient (Wildman–Crippen LogP) is 4.61. The maximum Gasteiger partial charge on any atom is 0.258 e. The minimum Gasteiger partial charge on any atom is -0.491 e. The second-order valence-electron chi connectivity index (χ2n) is 8.03. The molecule has 2 aliphatic heterocycles. The minimum absolute atomic E-state index is 0.147. The summed E-state index contributed by atoms with van der Waals surface area (Å²) >= 11 is 14.4. The van der Waals surface area contributed by atoms with Crippen LogP contribution in [-0.2, 0) is 4.79 Å². The van der Waals surface area contributed by atoms with E-state index < -0.39 is 5.82 Å². The average molecular weight is 521 g/mol. The average Bonchev–Trinajstić information content (AvgIpc) is 3.22. The second kappa shape index (κ2) is 8.72. The zero-order chi connectivity index (χ0) is 24.1. The zero-order valence-electron chi connectivity index (χ0n) is 17.8. The number of nitrogens with two attached hydrogens (primary N) is 1. The highest BCUT2D eigenvalue weighted by atomic mass is 35.5. The Morgan fingerprint density at radius 1 is 1.32 bits per heavy atom. The third-order valence-corrected chi connectivity index (χ3v) is 7.66. The number of hydrogen-bond acceptors (Lipinski definition) is 6. The van der Waals surface area contributed by atoms with Crippen molar-refractivity contribution >= 4 is 61.7 Å². The summed E-state index contributed by atoms with van der Waals surface area (Å²) in [6.07, 6.45) is 1.79. The fourth-order valence-electron chi connectivity index (χ4n) is 4.49. The number of piperazine rings is 1. The summed E-state index contributed by atoms with van der Waals surface area (Å²) in [5.41, 5.74) is 7.28. The Balaban J connectivity index is 1.58. The maximum atomic E-state index is 14.3. The van der Waals surface area contributed by atoms with Gasteiger partial charge in [-0.2, -0.15) is 0 Å². The Hall–Kier alpha value is -2.88. The van der Waals surface area contributed by atoms with Crippen molar-refractivity contribution in [1.29, 1.82) is 0 Å². The van der Waals surface area contributed by atoms with Crippen LogP contribution in [0.15, 0.2) is 30.9 Å². The van der Waals surface area contributed by atoms with E-state index in [2.05, 4.69) is 11.6 Å². The van der Waals surface area contributed by atoms with E-state index in [1.165, 1.54) is 24.3 Å². The Labute approximate surface area is 208 Å². The molecule has 11 heteroatoms. The highest BCUT2D eigenvalue weighted by Crippen LogP contribution is 2.47. The van der Waals surface area contributed by atoms with Crippen LogP contribution < -0.4 is 10.5 Å². The molecule has 1 atom stereocenters. The first-order chi connectivity index (χ1) is 16.3. The molecule has 0 bridgehead atoms. The van der Waals surface area contributed by atoms with E-state index in [9.17, 15) is 14.0 Å². The summed E-state index contributed by atoms with van der Waals surface area (Å²) in [4.78, 5) is 33.2. The number of thiazole rings is 1. The van der Waals surface area contributed by atoms with Crippen molar-refractivity contribution < 1.29 is 18.7 Å². The lowest BCUT2D eigenvalue weighted by Gasteiger charge is -2.42. The van der Waals surface area contributed by atoms with Crippen molar-refractivity contribution in [3.8, 4) is 16.9 Å². The van der Waals surface area contributed by atoms with Crippen molar-refractivity contribution in [2.45, 2.75) is 12.5 Å². The van der Waals surface area contributed by atoms with Gasteiger partial charge in [0.1, 0.15) is 5.82 Å². The maximum absolute atomic E-state index is 14.3. The number of benzene rings is 2. The summed E-state index contributed by atoms with van der Waals surface area (Å²) in [6, 6.07) is 4.16. The van der Waals surface area contributed by atoms with E-state index in [0.29, 0.717) is 47.4 Å². The van der Waals surface area contributed by atoms with Gasteiger partial charge in [0.05, 0.1) is 38.5 Å². The van der Waals surface area contributed by atoms with Crippen LogP contribution in [0, 0.1) is 5.82 Å². The molecular formula is C23H19Cl2FN4O3S. The number of amides is 2. The van der Waals surface area contributed by atoms with E-state index >= 15 is 0 Å². The van der Waals surface area contributed by atoms with E-state index in [-0.39, 0.29) is 51.0 Å². The highest BCUT2D eigenvalue weighted by molar-refractivity contribution is 7.22. The van der Waals surface area contributed by atoms with Crippen LogP contribution >= 0.6 is 34.5 Å².